The van der Waals surface area contributed by atoms with Crippen molar-refractivity contribution in [1.82, 2.24) is 0 Å². The fourth-order valence-electron chi connectivity index (χ4n) is 2.02. The third-order valence-electron chi connectivity index (χ3n) is 3.06. The third-order valence-corrected chi connectivity index (χ3v) is 3.39. The van der Waals surface area contributed by atoms with Crippen LogP contribution in [0.5, 0.6) is 0 Å². The first-order valence-electron chi connectivity index (χ1n) is 6.07. The lowest BCUT2D eigenvalue weighted by atomic mass is 9.96. The average molecular weight is 257 g/mol. The van der Waals surface area contributed by atoms with E-state index in [1.807, 2.05) is 19.1 Å². The van der Waals surface area contributed by atoms with E-state index in [-0.39, 0.29) is 6.10 Å². The Morgan fingerprint density at radius 1 is 1.41 bits per heavy atom. The van der Waals surface area contributed by atoms with Crippen LogP contribution < -0.4 is 0 Å². The van der Waals surface area contributed by atoms with Crippen LogP contribution in [0, 0.1) is 6.92 Å². The molecule has 2 nitrogen and oxygen atoms in total. The molecule has 2 atom stereocenters. The minimum atomic E-state index is -0.653. The molecule has 0 aliphatic rings. The summed E-state index contributed by atoms with van der Waals surface area (Å²) in [6, 6.07) is 5.65. The predicted molar refractivity (Wildman–Crippen MR) is 71.5 cm³/mol. The minimum absolute atomic E-state index is 0.187. The van der Waals surface area contributed by atoms with Crippen LogP contribution in [-0.4, -0.2) is 18.3 Å². The summed E-state index contributed by atoms with van der Waals surface area (Å²) in [4.78, 5) is 0. The van der Waals surface area contributed by atoms with Gasteiger partial charge in [0.15, 0.2) is 0 Å². The van der Waals surface area contributed by atoms with Crippen molar-refractivity contribution in [3.05, 3.63) is 34.3 Å². The summed E-state index contributed by atoms with van der Waals surface area (Å²) in [7, 11) is 1.63. The number of aliphatic hydroxyl groups excluding tert-OH is 1. The molecule has 1 aromatic carbocycles. The van der Waals surface area contributed by atoms with Crippen LogP contribution in [0.25, 0.3) is 0 Å². The molecule has 3 heteroatoms. The van der Waals surface area contributed by atoms with Crippen LogP contribution >= 0.6 is 11.6 Å². The number of rotatable bonds is 6. The van der Waals surface area contributed by atoms with Crippen molar-refractivity contribution < 1.29 is 9.84 Å². The molecular weight excluding hydrogens is 236 g/mol. The molecule has 0 saturated carbocycles. The molecule has 2 unspecified atom stereocenters. The standard InChI is InChI=1S/C14H21ClO2/c1-4-5-9-12(17-3)14(16)13-10(2)7-6-8-11(13)15/h6-8,12,14,16H,4-5,9H2,1-3H3. The number of ether oxygens (including phenoxy) is 1. The van der Waals surface area contributed by atoms with E-state index in [4.69, 9.17) is 16.3 Å². The molecule has 0 aliphatic carbocycles. The van der Waals surface area contributed by atoms with Gasteiger partial charge in [-0.25, -0.2) is 0 Å². The average Bonchev–Trinajstić information content (AvgIpc) is 2.30. The second kappa shape index (κ2) is 7.00. The van der Waals surface area contributed by atoms with Gasteiger partial charge in [-0.05, 0) is 25.0 Å². The lowest BCUT2D eigenvalue weighted by Crippen LogP contribution is -2.22. The summed E-state index contributed by atoms with van der Waals surface area (Å²) < 4.78 is 5.37. The molecule has 0 amide bonds. The van der Waals surface area contributed by atoms with Gasteiger partial charge in [0.2, 0.25) is 0 Å². The monoisotopic (exact) mass is 256 g/mol. The Labute approximate surface area is 109 Å². The zero-order valence-corrected chi connectivity index (χ0v) is 11.5. The van der Waals surface area contributed by atoms with E-state index in [0.717, 1.165) is 30.4 Å². The van der Waals surface area contributed by atoms with Crippen LogP contribution in [0.2, 0.25) is 5.02 Å². The Morgan fingerprint density at radius 2 is 2.12 bits per heavy atom. The molecule has 1 rings (SSSR count). The van der Waals surface area contributed by atoms with Gasteiger partial charge in [-0.1, -0.05) is 43.5 Å². The molecule has 0 aromatic heterocycles. The number of halogens is 1. The highest BCUT2D eigenvalue weighted by Crippen LogP contribution is 2.31. The second-order valence-corrected chi connectivity index (χ2v) is 4.74. The van der Waals surface area contributed by atoms with Crippen LogP contribution in [0.3, 0.4) is 0 Å². The molecule has 17 heavy (non-hydrogen) atoms. The topological polar surface area (TPSA) is 29.5 Å². The highest BCUT2D eigenvalue weighted by atomic mass is 35.5. The first-order chi connectivity index (χ1) is 8.11. The Balaban J connectivity index is 2.89. The maximum absolute atomic E-state index is 10.4. The molecule has 0 heterocycles. The molecule has 96 valence electrons. The summed E-state index contributed by atoms with van der Waals surface area (Å²) in [5, 5.41) is 11.0. The minimum Gasteiger partial charge on any atom is -0.386 e. The smallest absolute Gasteiger partial charge is 0.107 e. The van der Waals surface area contributed by atoms with Crippen LogP contribution in [0.1, 0.15) is 43.4 Å². The molecule has 1 N–H and O–H groups in total. The van der Waals surface area contributed by atoms with Gasteiger partial charge >= 0.3 is 0 Å². The number of benzene rings is 1. The van der Waals surface area contributed by atoms with E-state index in [0.29, 0.717) is 5.02 Å². The number of hydrogen-bond donors (Lipinski definition) is 1. The molecule has 0 bridgehead atoms. The van der Waals surface area contributed by atoms with E-state index in [9.17, 15) is 5.11 Å². The number of aliphatic hydroxyl groups is 1. The SMILES string of the molecule is CCCCC(OC)C(O)c1c(C)cccc1Cl. The van der Waals surface area contributed by atoms with Gasteiger partial charge < -0.3 is 9.84 Å². The first kappa shape index (κ1) is 14.5. The normalized spacial score (nSPS) is 14.6. The van der Waals surface area contributed by atoms with Gasteiger partial charge in [0, 0.05) is 17.7 Å². The van der Waals surface area contributed by atoms with Crippen molar-refractivity contribution >= 4 is 11.6 Å². The van der Waals surface area contributed by atoms with E-state index < -0.39 is 6.10 Å². The summed E-state index contributed by atoms with van der Waals surface area (Å²) >= 11 is 6.14. The molecule has 1 aromatic rings. The second-order valence-electron chi connectivity index (χ2n) is 4.33. The highest BCUT2D eigenvalue weighted by molar-refractivity contribution is 6.31. The number of hydrogen-bond acceptors (Lipinski definition) is 2. The fraction of sp³-hybridized carbons (Fsp3) is 0.571. The number of methoxy groups -OCH3 is 1. The van der Waals surface area contributed by atoms with Gasteiger partial charge in [0.25, 0.3) is 0 Å². The summed E-state index contributed by atoms with van der Waals surface area (Å²) in [6.07, 6.45) is 2.14. The zero-order chi connectivity index (χ0) is 12.8. The maximum atomic E-state index is 10.4. The Hall–Kier alpha value is -0.570. The Bertz CT molecular complexity index is 332. The van der Waals surface area contributed by atoms with E-state index in [1.165, 1.54) is 0 Å². The van der Waals surface area contributed by atoms with Gasteiger partial charge in [-0.15, -0.1) is 0 Å². The van der Waals surface area contributed by atoms with Crippen LogP contribution in [0.15, 0.2) is 18.2 Å². The molecule has 0 aliphatic heterocycles. The Kier molecular flexibility index (Phi) is 5.96. The fourth-order valence-corrected chi connectivity index (χ4v) is 2.35. The van der Waals surface area contributed by atoms with Gasteiger partial charge in [-0.3, -0.25) is 0 Å². The lowest BCUT2D eigenvalue weighted by Gasteiger charge is -2.24. The van der Waals surface area contributed by atoms with E-state index in [2.05, 4.69) is 6.92 Å². The number of aryl methyl sites for hydroxylation is 1. The first-order valence-corrected chi connectivity index (χ1v) is 6.45. The van der Waals surface area contributed by atoms with E-state index in [1.54, 1.807) is 13.2 Å². The zero-order valence-electron chi connectivity index (χ0n) is 10.7. The van der Waals surface area contributed by atoms with Crippen LogP contribution in [0.4, 0.5) is 0 Å². The predicted octanol–water partition coefficient (Wildman–Crippen LogP) is 3.89. The van der Waals surface area contributed by atoms with Crippen molar-refractivity contribution in [3.63, 3.8) is 0 Å². The van der Waals surface area contributed by atoms with Crippen molar-refractivity contribution in [3.8, 4) is 0 Å². The largest absolute Gasteiger partial charge is 0.386 e. The summed E-state index contributed by atoms with van der Waals surface area (Å²) in [6.45, 7) is 4.08. The van der Waals surface area contributed by atoms with Gasteiger partial charge in [0.05, 0.1) is 6.10 Å². The van der Waals surface area contributed by atoms with Crippen molar-refractivity contribution in [2.45, 2.75) is 45.3 Å². The lowest BCUT2D eigenvalue weighted by molar-refractivity contribution is -0.0189. The van der Waals surface area contributed by atoms with Crippen molar-refractivity contribution in [2.24, 2.45) is 0 Å². The summed E-state index contributed by atoms with van der Waals surface area (Å²) in [5.41, 5.74) is 1.79. The summed E-state index contributed by atoms with van der Waals surface area (Å²) in [5.74, 6) is 0. The molecule has 0 spiro atoms. The molecule has 0 radical (unpaired) electrons. The number of unbranched alkanes of at least 4 members (excludes halogenated alkanes) is 1. The molecular formula is C14H21ClO2. The van der Waals surface area contributed by atoms with Crippen molar-refractivity contribution in [1.29, 1.82) is 0 Å². The van der Waals surface area contributed by atoms with Gasteiger partial charge in [-0.2, -0.15) is 0 Å². The molecule has 0 saturated heterocycles. The third kappa shape index (κ3) is 3.70. The quantitative estimate of drug-likeness (QED) is 0.837. The van der Waals surface area contributed by atoms with Gasteiger partial charge in [0.1, 0.15) is 6.10 Å². The van der Waals surface area contributed by atoms with Crippen molar-refractivity contribution in [2.75, 3.05) is 7.11 Å². The van der Waals surface area contributed by atoms with E-state index >= 15 is 0 Å². The maximum Gasteiger partial charge on any atom is 0.107 e. The van der Waals surface area contributed by atoms with Crippen LogP contribution in [-0.2, 0) is 4.74 Å². The Morgan fingerprint density at radius 3 is 2.65 bits per heavy atom. The molecule has 0 fully saturated rings. The highest BCUT2D eigenvalue weighted by Gasteiger charge is 2.23.